The molecule has 0 bridgehead atoms. The van der Waals surface area contributed by atoms with E-state index in [1.165, 1.54) is 18.4 Å². The predicted octanol–water partition coefficient (Wildman–Crippen LogP) is 2.00. The summed E-state index contributed by atoms with van der Waals surface area (Å²) in [5.74, 6) is -0.642. The number of rotatable bonds is 2. The van der Waals surface area contributed by atoms with E-state index in [0.29, 0.717) is 5.56 Å². The lowest BCUT2D eigenvalue weighted by Gasteiger charge is -2.09. The molecular weight excluding hydrogens is 230 g/mol. The van der Waals surface area contributed by atoms with Crippen LogP contribution in [0.15, 0.2) is 18.2 Å². The van der Waals surface area contributed by atoms with E-state index in [9.17, 15) is 9.90 Å². The van der Waals surface area contributed by atoms with Crippen LogP contribution in [0.1, 0.15) is 22.9 Å². The third kappa shape index (κ3) is 1.78. The van der Waals surface area contributed by atoms with Gasteiger partial charge in [-0.25, -0.2) is 4.79 Å². The maximum atomic E-state index is 11.3. The molecule has 0 aliphatic heterocycles. The number of benzene rings is 1. The first-order valence-corrected chi connectivity index (χ1v) is 5.78. The van der Waals surface area contributed by atoms with Crippen LogP contribution in [0.3, 0.4) is 0 Å². The second-order valence-corrected chi connectivity index (χ2v) is 4.47. The van der Waals surface area contributed by atoms with Crippen molar-refractivity contribution < 1.29 is 14.6 Å². The number of aryl methyl sites for hydroxylation is 2. The number of methoxy groups -OCH3 is 1. The summed E-state index contributed by atoms with van der Waals surface area (Å²) < 4.78 is 6.60. The Kier molecular flexibility index (Phi) is 3.13. The van der Waals surface area contributed by atoms with Gasteiger partial charge >= 0.3 is 5.97 Å². The van der Waals surface area contributed by atoms with E-state index in [4.69, 9.17) is 0 Å². The Hall–Kier alpha value is -1.81. The number of esters is 1. The second kappa shape index (κ2) is 4.46. The van der Waals surface area contributed by atoms with Crippen molar-refractivity contribution in [2.24, 2.45) is 7.05 Å². The highest BCUT2D eigenvalue weighted by atomic mass is 16.5. The molecule has 1 heterocycles. The van der Waals surface area contributed by atoms with Crippen LogP contribution in [0.5, 0.6) is 0 Å². The average Bonchev–Trinajstić information content (AvgIpc) is 2.61. The van der Waals surface area contributed by atoms with E-state index >= 15 is 0 Å². The van der Waals surface area contributed by atoms with E-state index in [1.54, 1.807) is 6.07 Å². The molecule has 0 amide bonds. The van der Waals surface area contributed by atoms with Crippen LogP contribution in [0, 0.1) is 13.8 Å². The van der Waals surface area contributed by atoms with Gasteiger partial charge in [-0.3, -0.25) is 0 Å². The van der Waals surface area contributed by atoms with Crippen LogP contribution in [-0.4, -0.2) is 22.8 Å². The fourth-order valence-electron chi connectivity index (χ4n) is 2.19. The summed E-state index contributed by atoms with van der Waals surface area (Å²) in [7, 11) is 3.24. The van der Waals surface area contributed by atoms with Crippen molar-refractivity contribution in [2.45, 2.75) is 20.0 Å². The summed E-state index contributed by atoms with van der Waals surface area (Å²) in [6.45, 7) is 4.11. The zero-order valence-corrected chi connectivity index (χ0v) is 11.0. The van der Waals surface area contributed by atoms with Gasteiger partial charge in [-0.1, -0.05) is 12.1 Å². The van der Waals surface area contributed by atoms with Crippen molar-refractivity contribution in [3.63, 3.8) is 0 Å². The van der Waals surface area contributed by atoms with Crippen LogP contribution in [0.25, 0.3) is 10.9 Å². The van der Waals surface area contributed by atoms with Crippen LogP contribution in [-0.2, 0) is 16.6 Å². The van der Waals surface area contributed by atoms with Crippen molar-refractivity contribution in [2.75, 3.05) is 7.11 Å². The molecule has 1 atom stereocenters. The number of nitrogens with zero attached hydrogens (tertiary/aromatic N) is 1. The van der Waals surface area contributed by atoms with E-state index < -0.39 is 12.1 Å². The van der Waals surface area contributed by atoms with Crippen molar-refractivity contribution in [3.8, 4) is 0 Å². The van der Waals surface area contributed by atoms with Crippen molar-refractivity contribution >= 4 is 16.9 Å². The van der Waals surface area contributed by atoms with Crippen molar-refractivity contribution in [1.82, 2.24) is 4.57 Å². The Balaban J connectivity index is 2.57. The zero-order chi connectivity index (χ0) is 13.4. The van der Waals surface area contributed by atoms with Gasteiger partial charge in [-0.05, 0) is 31.0 Å². The van der Waals surface area contributed by atoms with Gasteiger partial charge in [0.05, 0.1) is 7.11 Å². The number of hydrogen-bond acceptors (Lipinski definition) is 3. The molecule has 18 heavy (non-hydrogen) atoms. The maximum absolute atomic E-state index is 11.3. The maximum Gasteiger partial charge on any atom is 0.339 e. The Morgan fingerprint density at radius 3 is 2.67 bits per heavy atom. The summed E-state index contributed by atoms with van der Waals surface area (Å²) in [6.07, 6.45) is -1.23. The van der Waals surface area contributed by atoms with Gasteiger partial charge in [0.2, 0.25) is 0 Å². The second-order valence-electron chi connectivity index (χ2n) is 4.47. The molecule has 2 aromatic rings. The van der Waals surface area contributed by atoms with E-state index in [0.717, 1.165) is 10.9 Å². The molecule has 0 aliphatic rings. The third-order valence-corrected chi connectivity index (χ3v) is 3.57. The molecule has 1 unspecified atom stereocenters. The summed E-state index contributed by atoms with van der Waals surface area (Å²) in [5, 5.41) is 11.0. The highest BCUT2D eigenvalue weighted by Gasteiger charge is 2.19. The Morgan fingerprint density at radius 1 is 1.39 bits per heavy atom. The summed E-state index contributed by atoms with van der Waals surface area (Å²) in [4.78, 5) is 11.3. The smallest absolute Gasteiger partial charge is 0.339 e. The lowest BCUT2D eigenvalue weighted by molar-refractivity contribution is -0.150. The largest absolute Gasteiger partial charge is 0.467 e. The summed E-state index contributed by atoms with van der Waals surface area (Å²) >= 11 is 0. The molecule has 0 spiro atoms. The molecule has 0 saturated carbocycles. The normalized spacial score (nSPS) is 12.7. The van der Waals surface area contributed by atoms with Gasteiger partial charge in [0.15, 0.2) is 6.10 Å². The SMILES string of the molecule is COC(=O)C(O)c1ccc2c(C)c(C)n(C)c2c1. The zero-order valence-electron chi connectivity index (χ0n) is 11.0. The number of aliphatic hydroxyl groups is 1. The molecule has 0 fully saturated rings. The highest BCUT2D eigenvalue weighted by molar-refractivity contribution is 5.87. The predicted molar refractivity (Wildman–Crippen MR) is 69.4 cm³/mol. The van der Waals surface area contributed by atoms with E-state index in [-0.39, 0.29) is 0 Å². The number of carbonyl (C=O) groups excluding carboxylic acids is 1. The molecule has 1 N–H and O–H groups in total. The molecule has 0 radical (unpaired) electrons. The summed E-state index contributed by atoms with van der Waals surface area (Å²) in [6, 6.07) is 5.52. The fourth-order valence-corrected chi connectivity index (χ4v) is 2.19. The van der Waals surface area contributed by atoms with Gasteiger partial charge < -0.3 is 14.4 Å². The van der Waals surface area contributed by atoms with Gasteiger partial charge in [-0.15, -0.1) is 0 Å². The molecule has 0 saturated heterocycles. The van der Waals surface area contributed by atoms with Crippen LogP contribution in [0.4, 0.5) is 0 Å². The number of aromatic nitrogens is 1. The Morgan fingerprint density at radius 2 is 2.06 bits per heavy atom. The first kappa shape index (κ1) is 12.6. The molecule has 4 nitrogen and oxygen atoms in total. The van der Waals surface area contributed by atoms with Crippen LogP contribution >= 0.6 is 0 Å². The Bertz CT molecular complexity index is 613. The van der Waals surface area contributed by atoms with E-state index in [1.807, 2.05) is 26.1 Å². The first-order valence-electron chi connectivity index (χ1n) is 5.78. The number of fused-ring (bicyclic) bond motifs is 1. The van der Waals surface area contributed by atoms with Crippen molar-refractivity contribution in [3.05, 3.63) is 35.0 Å². The minimum Gasteiger partial charge on any atom is -0.467 e. The average molecular weight is 247 g/mol. The van der Waals surface area contributed by atoms with Gasteiger partial charge in [0.1, 0.15) is 0 Å². The standard InChI is InChI=1S/C14H17NO3/c1-8-9(2)15(3)12-7-10(5-6-11(8)12)13(16)14(17)18-4/h5-7,13,16H,1-4H3. The molecular formula is C14H17NO3. The number of carbonyl (C=O) groups is 1. The minimum atomic E-state index is -1.23. The highest BCUT2D eigenvalue weighted by Crippen LogP contribution is 2.27. The topological polar surface area (TPSA) is 51.5 Å². The molecule has 96 valence electrons. The molecule has 0 aliphatic carbocycles. The van der Waals surface area contributed by atoms with Crippen molar-refractivity contribution in [1.29, 1.82) is 0 Å². The van der Waals surface area contributed by atoms with Gasteiger partial charge in [0, 0.05) is 23.6 Å². The minimum absolute atomic E-state index is 0.551. The van der Waals surface area contributed by atoms with E-state index in [2.05, 4.69) is 16.2 Å². The Labute approximate surface area is 106 Å². The number of ether oxygens (including phenoxy) is 1. The molecule has 2 rings (SSSR count). The van der Waals surface area contributed by atoms with Gasteiger partial charge in [0.25, 0.3) is 0 Å². The lowest BCUT2D eigenvalue weighted by Crippen LogP contribution is -2.13. The molecule has 4 heteroatoms. The van der Waals surface area contributed by atoms with Crippen LogP contribution in [0.2, 0.25) is 0 Å². The number of aliphatic hydroxyl groups excluding tert-OH is 1. The first-order chi connectivity index (χ1) is 8.47. The molecule has 1 aromatic carbocycles. The molecule has 1 aromatic heterocycles. The third-order valence-electron chi connectivity index (χ3n) is 3.57. The lowest BCUT2D eigenvalue weighted by atomic mass is 10.1. The van der Waals surface area contributed by atoms with Gasteiger partial charge in [-0.2, -0.15) is 0 Å². The quantitative estimate of drug-likeness (QED) is 0.826. The fraction of sp³-hybridized carbons (Fsp3) is 0.357. The van der Waals surface area contributed by atoms with Crippen LogP contribution < -0.4 is 0 Å². The number of hydrogen-bond donors (Lipinski definition) is 1. The summed E-state index contributed by atoms with van der Waals surface area (Å²) in [5.41, 5.74) is 3.95. The monoisotopic (exact) mass is 247 g/mol.